The molecule has 1 saturated carbocycles. The molecule has 1 aliphatic carbocycles. The van der Waals surface area contributed by atoms with E-state index in [4.69, 9.17) is 4.98 Å². The summed E-state index contributed by atoms with van der Waals surface area (Å²) in [5.74, 6) is 0.890. The van der Waals surface area contributed by atoms with Crippen LogP contribution >= 0.6 is 0 Å². The number of aromatic nitrogens is 2. The third-order valence-electron chi connectivity index (χ3n) is 4.46. The first-order valence-corrected chi connectivity index (χ1v) is 7.82. The number of nitrogens with one attached hydrogen (secondary N) is 1. The molecule has 4 rings (SSSR count). The maximum atomic E-state index is 13.2. The molecule has 0 atom stereocenters. The lowest BCUT2D eigenvalue weighted by molar-refractivity contribution is 0.404. The molecule has 1 N–H and O–H groups in total. The van der Waals surface area contributed by atoms with Crippen molar-refractivity contribution in [1.82, 2.24) is 9.97 Å². The molecule has 4 heteroatoms. The Morgan fingerprint density at radius 1 is 0.826 bits per heavy atom. The summed E-state index contributed by atoms with van der Waals surface area (Å²) >= 11 is 0. The van der Waals surface area contributed by atoms with Gasteiger partial charge in [-0.05, 0) is 61.4 Å². The maximum Gasteiger partial charge on any atom is 0.123 e. The normalized spacial score (nSPS) is 14.7. The molecule has 1 fully saturated rings. The van der Waals surface area contributed by atoms with Gasteiger partial charge in [0.25, 0.3) is 0 Å². The number of imidazole rings is 1. The Hall–Kier alpha value is -2.49. The van der Waals surface area contributed by atoms with Gasteiger partial charge in [-0.1, -0.05) is 6.42 Å². The minimum absolute atomic E-state index is 0.268. The molecular weight excluding hydrogens is 294 g/mol. The fraction of sp³-hybridized carbons (Fsp3) is 0.211. The molecule has 116 valence electrons. The number of rotatable bonds is 3. The monoisotopic (exact) mass is 310 g/mol. The maximum absolute atomic E-state index is 13.2. The third-order valence-corrected chi connectivity index (χ3v) is 4.46. The van der Waals surface area contributed by atoms with E-state index in [1.54, 1.807) is 24.3 Å². The molecule has 2 aromatic carbocycles. The Balaban J connectivity index is 1.83. The summed E-state index contributed by atoms with van der Waals surface area (Å²) in [4.78, 5) is 8.16. The second-order valence-corrected chi connectivity index (χ2v) is 5.99. The SMILES string of the molecule is Fc1ccc(-c2nc(C3CCC3)[nH]c2-c2ccc(F)cc2)cc1. The van der Waals surface area contributed by atoms with Gasteiger partial charge < -0.3 is 4.98 Å². The average molecular weight is 310 g/mol. The fourth-order valence-corrected chi connectivity index (χ4v) is 2.91. The summed E-state index contributed by atoms with van der Waals surface area (Å²) in [7, 11) is 0. The van der Waals surface area contributed by atoms with Crippen LogP contribution in [0.1, 0.15) is 31.0 Å². The van der Waals surface area contributed by atoms with Crippen molar-refractivity contribution in [2.75, 3.05) is 0 Å². The number of halogens is 2. The van der Waals surface area contributed by atoms with Crippen LogP contribution in [0.25, 0.3) is 22.5 Å². The van der Waals surface area contributed by atoms with Gasteiger partial charge >= 0.3 is 0 Å². The van der Waals surface area contributed by atoms with E-state index in [0.717, 1.165) is 41.2 Å². The highest BCUT2D eigenvalue weighted by molar-refractivity contribution is 5.78. The Morgan fingerprint density at radius 2 is 1.39 bits per heavy atom. The van der Waals surface area contributed by atoms with Crippen LogP contribution in [0.4, 0.5) is 8.78 Å². The van der Waals surface area contributed by atoms with Crippen molar-refractivity contribution in [1.29, 1.82) is 0 Å². The topological polar surface area (TPSA) is 28.7 Å². The standard InChI is InChI=1S/C19H16F2N2/c20-15-8-4-12(5-9-15)17-18(13-6-10-16(21)11-7-13)23-19(22-17)14-2-1-3-14/h4-11,14H,1-3H2,(H,22,23). The highest BCUT2D eigenvalue weighted by Crippen LogP contribution is 2.38. The minimum atomic E-state index is -0.271. The second-order valence-electron chi connectivity index (χ2n) is 5.99. The highest BCUT2D eigenvalue weighted by atomic mass is 19.1. The Bertz CT molecular complexity index is 753. The molecule has 0 unspecified atom stereocenters. The van der Waals surface area contributed by atoms with Crippen LogP contribution in [0.3, 0.4) is 0 Å². The molecule has 0 bridgehead atoms. The first kappa shape index (κ1) is 14.1. The first-order chi connectivity index (χ1) is 11.2. The van der Waals surface area contributed by atoms with Gasteiger partial charge in [0.1, 0.15) is 17.5 Å². The van der Waals surface area contributed by atoms with Crippen LogP contribution in [0.5, 0.6) is 0 Å². The molecule has 1 aliphatic rings. The third kappa shape index (κ3) is 2.65. The van der Waals surface area contributed by atoms with Gasteiger partial charge in [-0.3, -0.25) is 0 Å². The van der Waals surface area contributed by atoms with Gasteiger partial charge in [0, 0.05) is 17.0 Å². The van der Waals surface area contributed by atoms with E-state index >= 15 is 0 Å². The predicted molar refractivity (Wildman–Crippen MR) is 86.0 cm³/mol. The Kier molecular flexibility index (Phi) is 3.45. The number of H-pyrrole nitrogens is 1. The number of hydrogen-bond donors (Lipinski definition) is 1. The first-order valence-electron chi connectivity index (χ1n) is 7.82. The smallest absolute Gasteiger partial charge is 0.123 e. The number of nitrogens with zero attached hydrogens (tertiary/aromatic N) is 1. The van der Waals surface area contributed by atoms with Crippen LogP contribution in [0.2, 0.25) is 0 Å². The summed E-state index contributed by atoms with van der Waals surface area (Å²) in [6.07, 6.45) is 3.50. The lowest BCUT2D eigenvalue weighted by atomic mass is 9.85. The Labute approximate surface area is 133 Å². The highest BCUT2D eigenvalue weighted by Gasteiger charge is 2.25. The summed E-state index contributed by atoms with van der Waals surface area (Å²) in [6.45, 7) is 0. The Morgan fingerprint density at radius 3 is 1.91 bits per heavy atom. The van der Waals surface area contributed by atoms with Gasteiger partial charge in [0.2, 0.25) is 0 Å². The molecule has 0 aliphatic heterocycles. The van der Waals surface area contributed by atoms with E-state index in [1.807, 2.05) is 0 Å². The van der Waals surface area contributed by atoms with Crippen LogP contribution < -0.4 is 0 Å². The number of benzene rings is 2. The molecule has 3 aromatic rings. The van der Waals surface area contributed by atoms with Crippen LogP contribution in [0, 0.1) is 11.6 Å². The van der Waals surface area contributed by atoms with E-state index in [9.17, 15) is 8.78 Å². The lowest BCUT2D eigenvalue weighted by Crippen LogP contribution is -2.10. The van der Waals surface area contributed by atoms with Crippen LogP contribution in [0.15, 0.2) is 48.5 Å². The molecule has 0 saturated heterocycles. The lowest BCUT2D eigenvalue weighted by Gasteiger charge is -2.22. The van der Waals surface area contributed by atoms with Crippen molar-refractivity contribution >= 4 is 0 Å². The van der Waals surface area contributed by atoms with Gasteiger partial charge in [-0.25, -0.2) is 13.8 Å². The molecule has 23 heavy (non-hydrogen) atoms. The number of hydrogen-bond acceptors (Lipinski definition) is 1. The molecule has 2 nitrogen and oxygen atoms in total. The van der Waals surface area contributed by atoms with E-state index in [1.165, 1.54) is 30.7 Å². The second kappa shape index (κ2) is 5.61. The predicted octanol–water partition coefficient (Wildman–Crippen LogP) is 5.29. The summed E-state index contributed by atoms with van der Waals surface area (Å²) in [5.41, 5.74) is 3.38. The zero-order valence-corrected chi connectivity index (χ0v) is 12.5. The summed E-state index contributed by atoms with van der Waals surface area (Å²) in [5, 5.41) is 0. The quantitative estimate of drug-likeness (QED) is 0.699. The molecular formula is C19H16F2N2. The van der Waals surface area contributed by atoms with Gasteiger partial charge in [-0.2, -0.15) is 0 Å². The molecule has 1 aromatic heterocycles. The fourth-order valence-electron chi connectivity index (χ4n) is 2.91. The van der Waals surface area contributed by atoms with Gasteiger partial charge in [-0.15, -0.1) is 0 Å². The van der Waals surface area contributed by atoms with E-state index in [2.05, 4.69) is 4.98 Å². The molecule has 1 heterocycles. The largest absolute Gasteiger partial charge is 0.341 e. The molecule has 0 amide bonds. The molecule has 0 spiro atoms. The van der Waals surface area contributed by atoms with Crippen molar-refractivity contribution in [3.8, 4) is 22.5 Å². The summed E-state index contributed by atoms with van der Waals surface area (Å²) < 4.78 is 26.4. The van der Waals surface area contributed by atoms with Crippen molar-refractivity contribution in [2.45, 2.75) is 25.2 Å². The van der Waals surface area contributed by atoms with E-state index in [-0.39, 0.29) is 11.6 Å². The van der Waals surface area contributed by atoms with E-state index < -0.39 is 0 Å². The number of aromatic amines is 1. The minimum Gasteiger partial charge on any atom is -0.341 e. The zero-order chi connectivity index (χ0) is 15.8. The van der Waals surface area contributed by atoms with Crippen molar-refractivity contribution in [3.63, 3.8) is 0 Å². The average Bonchev–Trinajstić information content (AvgIpc) is 2.91. The van der Waals surface area contributed by atoms with Crippen LogP contribution in [-0.4, -0.2) is 9.97 Å². The molecule has 0 radical (unpaired) electrons. The van der Waals surface area contributed by atoms with E-state index in [0.29, 0.717) is 5.92 Å². The van der Waals surface area contributed by atoms with Crippen molar-refractivity contribution < 1.29 is 8.78 Å². The van der Waals surface area contributed by atoms with Crippen LogP contribution in [-0.2, 0) is 0 Å². The van der Waals surface area contributed by atoms with Gasteiger partial charge in [0.05, 0.1) is 11.4 Å². The zero-order valence-electron chi connectivity index (χ0n) is 12.5. The van der Waals surface area contributed by atoms with Crippen molar-refractivity contribution in [2.24, 2.45) is 0 Å². The summed E-state index contributed by atoms with van der Waals surface area (Å²) in [6, 6.07) is 12.7. The van der Waals surface area contributed by atoms with Crippen molar-refractivity contribution in [3.05, 3.63) is 66.0 Å². The van der Waals surface area contributed by atoms with Gasteiger partial charge in [0.15, 0.2) is 0 Å².